The van der Waals surface area contributed by atoms with Crippen LogP contribution in [0.3, 0.4) is 0 Å². The summed E-state index contributed by atoms with van der Waals surface area (Å²) in [6, 6.07) is 7.37. The third-order valence-electron chi connectivity index (χ3n) is 2.70. The minimum absolute atomic E-state index is 0.172. The van der Waals surface area contributed by atoms with Crippen molar-refractivity contribution in [3.63, 3.8) is 0 Å². The lowest BCUT2D eigenvalue weighted by molar-refractivity contribution is 0.568. The first-order valence-electron chi connectivity index (χ1n) is 5.78. The Morgan fingerprint density at radius 3 is 3.00 bits per heavy atom. The van der Waals surface area contributed by atoms with E-state index in [-0.39, 0.29) is 11.9 Å². The van der Waals surface area contributed by atoms with Crippen LogP contribution in [0.4, 0.5) is 4.39 Å². The maximum Gasteiger partial charge on any atom is 0.124 e. The topological polar surface area (TPSA) is 12.0 Å². The van der Waals surface area contributed by atoms with Gasteiger partial charge in [-0.3, -0.25) is 0 Å². The minimum atomic E-state index is -0.172. The summed E-state index contributed by atoms with van der Waals surface area (Å²) in [5.74, 6) is -0.172. The van der Waals surface area contributed by atoms with Gasteiger partial charge in [-0.2, -0.15) is 0 Å². The molecule has 0 saturated carbocycles. The van der Waals surface area contributed by atoms with E-state index in [1.807, 2.05) is 12.1 Å². The van der Waals surface area contributed by atoms with Crippen molar-refractivity contribution in [1.29, 1.82) is 0 Å². The molecular formula is C14H16FNS. The first-order chi connectivity index (χ1) is 8.24. The molecule has 2 rings (SSSR count). The van der Waals surface area contributed by atoms with E-state index in [0.29, 0.717) is 0 Å². The van der Waals surface area contributed by atoms with Crippen molar-refractivity contribution >= 4 is 21.4 Å². The Bertz CT molecular complexity index is 518. The summed E-state index contributed by atoms with van der Waals surface area (Å²) in [5.41, 5.74) is 0. The lowest BCUT2D eigenvalue weighted by Crippen LogP contribution is -2.19. The number of thiophene rings is 1. The zero-order valence-electron chi connectivity index (χ0n) is 9.87. The highest BCUT2D eigenvalue weighted by Crippen LogP contribution is 2.31. The van der Waals surface area contributed by atoms with E-state index in [2.05, 4.69) is 24.9 Å². The lowest BCUT2D eigenvalue weighted by Gasteiger charge is -2.13. The van der Waals surface area contributed by atoms with Crippen LogP contribution in [-0.2, 0) is 0 Å². The smallest absolute Gasteiger partial charge is 0.124 e. The van der Waals surface area contributed by atoms with Crippen LogP contribution in [0, 0.1) is 5.82 Å². The fourth-order valence-electron chi connectivity index (χ4n) is 1.91. The average molecular weight is 249 g/mol. The highest BCUT2D eigenvalue weighted by Gasteiger charge is 2.12. The summed E-state index contributed by atoms with van der Waals surface area (Å²) in [6.45, 7) is 6.79. The molecule has 1 aromatic carbocycles. The predicted molar refractivity (Wildman–Crippen MR) is 73.0 cm³/mol. The summed E-state index contributed by atoms with van der Waals surface area (Å²) in [5, 5.41) is 4.53. The molecule has 0 fully saturated rings. The maximum absolute atomic E-state index is 13.1. The molecule has 0 aliphatic heterocycles. The van der Waals surface area contributed by atoms with Gasteiger partial charge in [-0.1, -0.05) is 19.1 Å². The van der Waals surface area contributed by atoms with Gasteiger partial charge in [0.25, 0.3) is 0 Å². The Balaban J connectivity index is 2.36. The van der Waals surface area contributed by atoms with Gasteiger partial charge in [-0.25, -0.2) is 4.39 Å². The molecule has 17 heavy (non-hydrogen) atoms. The van der Waals surface area contributed by atoms with E-state index < -0.39 is 0 Å². The van der Waals surface area contributed by atoms with Gasteiger partial charge >= 0.3 is 0 Å². The molecule has 0 radical (unpaired) electrons. The minimum Gasteiger partial charge on any atom is -0.309 e. The average Bonchev–Trinajstić information content (AvgIpc) is 2.71. The first kappa shape index (κ1) is 12.3. The summed E-state index contributed by atoms with van der Waals surface area (Å²) >= 11 is 1.65. The Morgan fingerprint density at radius 2 is 2.29 bits per heavy atom. The largest absolute Gasteiger partial charge is 0.309 e. The molecule has 3 heteroatoms. The third kappa shape index (κ3) is 2.73. The van der Waals surface area contributed by atoms with Gasteiger partial charge in [-0.05, 0) is 36.6 Å². The van der Waals surface area contributed by atoms with Crippen LogP contribution < -0.4 is 5.32 Å². The van der Waals surface area contributed by atoms with Crippen LogP contribution in [0.5, 0.6) is 0 Å². The summed E-state index contributed by atoms with van der Waals surface area (Å²) < 4.78 is 14.1. The summed E-state index contributed by atoms with van der Waals surface area (Å²) in [4.78, 5) is 1.24. The van der Waals surface area contributed by atoms with Gasteiger partial charge in [0.05, 0.1) is 0 Å². The number of hydrogen-bond acceptors (Lipinski definition) is 2. The number of nitrogens with one attached hydrogen (secondary N) is 1. The van der Waals surface area contributed by atoms with Gasteiger partial charge in [-0.15, -0.1) is 17.9 Å². The summed E-state index contributed by atoms with van der Waals surface area (Å²) in [7, 11) is 0. The van der Waals surface area contributed by atoms with E-state index in [0.717, 1.165) is 23.1 Å². The van der Waals surface area contributed by atoms with Gasteiger partial charge < -0.3 is 5.32 Å². The van der Waals surface area contributed by atoms with E-state index in [1.54, 1.807) is 17.4 Å². The number of rotatable bonds is 5. The zero-order valence-corrected chi connectivity index (χ0v) is 10.7. The van der Waals surface area contributed by atoms with Gasteiger partial charge in [0.15, 0.2) is 0 Å². The molecule has 0 amide bonds. The molecule has 0 spiro atoms. The number of hydrogen-bond donors (Lipinski definition) is 1. The molecule has 0 saturated heterocycles. The second-order valence-corrected chi connectivity index (χ2v) is 5.08. The zero-order chi connectivity index (χ0) is 12.3. The van der Waals surface area contributed by atoms with Crippen molar-refractivity contribution in [2.45, 2.75) is 19.4 Å². The van der Waals surface area contributed by atoms with Crippen molar-refractivity contribution in [3.8, 4) is 0 Å². The van der Waals surface area contributed by atoms with E-state index >= 15 is 0 Å². The Morgan fingerprint density at radius 1 is 1.47 bits per heavy atom. The van der Waals surface area contributed by atoms with Crippen LogP contribution in [0.2, 0.25) is 0 Å². The molecule has 1 nitrogen and oxygen atoms in total. The number of halogens is 1. The van der Waals surface area contributed by atoms with Crippen LogP contribution in [0.1, 0.15) is 24.3 Å². The molecule has 90 valence electrons. The maximum atomic E-state index is 13.1. The van der Waals surface area contributed by atoms with Gasteiger partial charge in [0, 0.05) is 15.6 Å². The molecule has 0 aliphatic rings. The van der Waals surface area contributed by atoms with Gasteiger partial charge in [0.1, 0.15) is 5.82 Å². The molecule has 0 aliphatic carbocycles. The molecule has 1 aromatic heterocycles. The van der Waals surface area contributed by atoms with Crippen LogP contribution in [-0.4, -0.2) is 6.54 Å². The standard InChI is InChI=1S/C14H16FNS/c1-3-5-12(16-4-2)14-8-10-6-7-11(15)9-13(10)17-14/h3,6-9,12,16H,1,4-5H2,2H3. The third-order valence-corrected chi connectivity index (χ3v) is 3.91. The molecule has 1 N–H and O–H groups in total. The van der Waals surface area contributed by atoms with Crippen molar-refractivity contribution in [3.05, 3.63) is 47.6 Å². The van der Waals surface area contributed by atoms with Crippen molar-refractivity contribution < 1.29 is 4.39 Å². The molecule has 1 unspecified atom stereocenters. The quantitative estimate of drug-likeness (QED) is 0.780. The second kappa shape index (κ2) is 5.43. The van der Waals surface area contributed by atoms with Crippen LogP contribution in [0.25, 0.3) is 10.1 Å². The molecule has 0 bridgehead atoms. The van der Waals surface area contributed by atoms with Crippen molar-refractivity contribution in [2.24, 2.45) is 0 Å². The van der Waals surface area contributed by atoms with Crippen molar-refractivity contribution in [1.82, 2.24) is 5.32 Å². The number of fused-ring (bicyclic) bond motifs is 1. The summed E-state index contributed by atoms with van der Waals surface area (Å²) in [6.07, 6.45) is 2.81. The fourth-order valence-corrected chi connectivity index (χ4v) is 3.09. The molecular weight excluding hydrogens is 233 g/mol. The van der Waals surface area contributed by atoms with E-state index in [9.17, 15) is 4.39 Å². The predicted octanol–water partition coefficient (Wildman–Crippen LogP) is 4.27. The Hall–Kier alpha value is -1.19. The van der Waals surface area contributed by atoms with E-state index in [1.165, 1.54) is 10.9 Å². The molecule has 2 aromatic rings. The number of benzene rings is 1. The van der Waals surface area contributed by atoms with Crippen molar-refractivity contribution in [2.75, 3.05) is 6.54 Å². The highest BCUT2D eigenvalue weighted by molar-refractivity contribution is 7.19. The monoisotopic (exact) mass is 249 g/mol. The second-order valence-electron chi connectivity index (χ2n) is 3.97. The molecule has 1 heterocycles. The van der Waals surface area contributed by atoms with E-state index in [4.69, 9.17) is 0 Å². The Labute approximate surface area is 105 Å². The first-order valence-corrected chi connectivity index (χ1v) is 6.59. The lowest BCUT2D eigenvalue weighted by atomic mass is 10.1. The Kier molecular flexibility index (Phi) is 3.92. The normalized spacial score (nSPS) is 12.8. The SMILES string of the molecule is C=CCC(NCC)c1cc2ccc(F)cc2s1. The molecule has 1 atom stereocenters. The van der Waals surface area contributed by atoms with Crippen LogP contribution >= 0.6 is 11.3 Å². The van der Waals surface area contributed by atoms with Crippen LogP contribution in [0.15, 0.2) is 36.9 Å². The van der Waals surface area contributed by atoms with Gasteiger partial charge in [0.2, 0.25) is 0 Å². The fraction of sp³-hybridized carbons (Fsp3) is 0.286. The highest BCUT2D eigenvalue weighted by atomic mass is 32.1.